The molecule has 41 heavy (non-hydrogen) atoms. The van der Waals surface area contributed by atoms with Gasteiger partial charge in [-0.05, 0) is 53.1 Å². The van der Waals surface area contributed by atoms with Gasteiger partial charge < -0.3 is 20.1 Å². The first-order chi connectivity index (χ1) is 19.2. The van der Waals surface area contributed by atoms with E-state index in [0.29, 0.717) is 34.9 Å². The minimum absolute atomic E-state index is 0.0371. The Bertz CT molecular complexity index is 1550. The molecular weight excluding hydrogens is 524 g/mol. The molecule has 2 amide bonds. The van der Waals surface area contributed by atoms with Gasteiger partial charge in [0.1, 0.15) is 18.3 Å². The second kappa shape index (κ2) is 11.4. The Morgan fingerprint density at radius 3 is 2.39 bits per heavy atom. The van der Waals surface area contributed by atoms with Crippen molar-refractivity contribution < 1.29 is 19.1 Å². The van der Waals surface area contributed by atoms with Crippen LogP contribution in [0.1, 0.15) is 63.0 Å². The Balaban J connectivity index is 1.60. The summed E-state index contributed by atoms with van der Waals surface area (Å²) in [5.74, 6) is 0.139. The number of rotatable bonds is 7. The van der Waals surface area contributed by atoms with Crippen LogP contribution in [0, 0.1) is 12.3 Å². The molecule has 2 N–H and O–H groups in total. The number of amides is 2. The summed E-state index contributed by atoms with van der Waals surface area (Å²) in [4.78, 5) is 29.7. The molecule has 12 heteroatoms. The second-order valence-electron chi connectivity index (χ2n) is 11.9. The number of methoxy groups -OCH3 is 1. The molecule has 0 aliphatic carbocycles. The van der Waals surface area contributed by atoms with E-state index in [1.54, 1.807) is 30.3 Å². The van der Waals surface area contributed by atoms with Crippen LogP contribution in [0.15, 0.2) is 49.2 Å². The number of nitrogens with zero attached hydrogens (tertiary/aromatic N) is 6. The highest BCUT2D eigenvalue weighted by atomic mass is 16.6. The Labute approximate surface area is 239 Å². The van der Waals surface area contributed by atoms with Crippen molar-refractivity contribution in [3.63, 3.8) is 0 Å². The third kappa shape index (κ3) is 7.07. The minimum Gasteiger partial charge on any atom is -0.492 e. The molecule has 0 saturated heterocycles. The SMILES string of the molecule is COc1c(NC(=O)c2ccc(C)c(-n3cc(OC(=O)NCC(C)(C)C)nn3)c2)cc(C(C)(C)C)cc1-n1cncn1. The van der Waals surface area contributed by atoms with Crippen molar-refractivity contribution in [3.05, 3.63) is 65.9 Å². The van der Waals surface area contributed by atoms with Crippen molar-refractivity contribution in [2.45, 2.75) is 53.9 Å². The maximum absolute atomic E-state index is 13.5. The maximum atomic E-state index is 13.5. The number of aromatic nitrogens is 6. The zero-order chi connectivity index (χ0) is 29.9. The molecule has 2 aromatic heterocycles. The first kappa shape index (κ1) is 29.2. The average Bonchev–Trinajstić information content (AvgIpc) is 3.59. The molecule has 0 bridgehead atoms. The number of nitrogens with one attached hydrogen (secondary N) is 2. The van der Waals surface area contributed by atoms with Gasteiger partial charge in [-0.2, -0.15) is 5.10 Å². The quantitative estimate of drug-likeness (QED) is 0.327. The normalized spacial score (nSPS) is 11.7. The third-order valence-corrected chi connectivity index (χ3v) is 6.20. The smallest absolute Gasteiger partial charge is 0.414 e. The van der Waals surface area contributed by atoms with E-state index < -0.39 is 6.09 Å². The zero-order valence-corrected chi connectivity index (χ0v) is 24.6. The molecule has 0 fully saturated rings. The fraction of sp³-hybridized carbons (Fsp3) is 0.379. The van der Waals surface area contributed by atoms with E-state index in [4.69, 9.17) is 9.47 Å². The largest absolute Gasteiger partial charge is 0.492 e. The van der Waals surface area contributed by atoms with Crippen molar-refractivity contribution in [2.24, 2.45) is 5.41 Å². The zero-order valence-electron chi connectivity index (χ0n) is 24.6. The summed E-state index contributed by atoms with van der Waals surface area (Å²) in [6.07, 6.45) is 3.88. The van der Waals surface area contributed by atoms with Gasteiger partial charge in [0.05, 0.1) is 24.7 Å². The lowest BCUT2D eigenvalue weighted by Gasteiger charge is -2.23. The minimum atomic E-state index is -0.617. The first-order valence-corrected chi connectivity index (χ1v) is 13.1. The van der Waals surface area contributed by atoms with Gasteiger partial charge in [0.15, 0.2) is 5.75 Å². The predicted molar refractivity (Wildman–Crippen MR) is 154 cm³/mol. The Morgan fingerprint density at radius 2 is 1.76 bits per heavy atom. The fourth-order valence-electron chi connectivity index (χ4n) is 3.93. The third-order valence-electron chi connectivity index (χ3n) is 6.20. The maximum Gasteiger partial charge on any atom is 0.414 e. The highest BCUT2D eigenvalue weighted by Gasteiger charge is 2.23. The number of ether oxygens (including phenoxy) is 2. The summed E-state index contributed by atoms with van der Waals surface area (Å²) < 4.78 is 14.0. The van der Waals surface area contributed by atoms with Gasteiger partial charge in [-0.3, -0.25) is 4.79 Å². The number of anilines is 1. The Morgan fingerprint density at radius 1 is 1.00 bits per heavy atom. The van der Waals surface area contributed by atoms with Crippen LogP contribution in [0.4, 0.5) is 10.5 Å². The Kier molecular flexibility index (Phi) is 8.13. The number of carbonyl (C=O) groups is 2. The van der Waals surface area contributed by atoms with Crippen molar-refractivity contribution in [1.29, 1.82) is 0 Å². The number of hydrogen-bond acceptors (Lipinski definition) is 8. The van der Waals surface area contributed by atoms with Crippen LogP contribution in [0.3, 0.4) is 0 Å². The summed E-state index contributed by atoms with van der Waals surface area (Å²) >= 11 is 0. The molecule has 2 heterocycles. The Hall–Kier alpha value is -4.74. The van der Waals surface area contributed by atoms with Crippen LogP contribution in [0.2, 0.25) is 0 Å². The summed E-state index contributed by atoms with van der Waals surface area (Å²) in [6.45, 7) is 14.6. The van der Waals surface area contributed by atoms with E-state index in [1.807, 2.05) is 45.9 Å². The molecular formula is C29H36N8O4. The summed E-state index contributed by atoms with van der Waals surface area (Å²) in [7, 11) is 1.54. The van der Waals surface area contributed by atoms with Crippen molar-refractivity contribution in [3.8, 4) is 23.0 Å². The van der Waals surface area contributed by atoms with Gasteiger partial charge in [0.25, 0.3) is 11.8 Å². The predicted octanol–water partition coefficient (Wildman–Crippen LogP) is 4.85. The van der Waals surface area contributed by atoms with Gasteiger partial charge in [-0.25, -0.2) is 19.1 Å². The molecule has 0 spiro atoms. The van der Waals surface area contributed by atoms with E-state index in [0.717, 1.165) is 11.1 Å². The standard InChI is InChI=1S/C29H36N8O4/c1-18-9-10-19(11-22(18)36-14-24(34-35-36)41-27(39)31-15-28(2,3)4)26(38)33-21-12-20(29(5,6)7)13-23(25(21)40-8)37-17-30-16-32-37/h9-14,16-17H,15H2,1-8H3,(H,31,39)(H,33,38). The van der Waals surface area contributed by atoms with Crippen molar-refractivity contribution in [1.82, 2.24) is 35.1 Å². The lowest BCUT2D eigenvalue weighted by atomic mass is 9.86. The van der Waals surface area contributed by atoms with E-state index in [9.17, 15) is 9.59 Å². The molecule has 4 rings (SSSR count). The van der Waals surface area contributed by atoms with Gasteiger partial charge in [0, 0.05) is 12.1 Å². The topological polar surface area (TPSA) is 138 Å². The molecule has 0 aliphatic rings. The fourth-order valence-corrected chi connectivity index (χ4v) is 3.93. The van der Waals surface area contributed by atoms with Crippen LogP contribution in [-0.4, -0.2) is 55.4 Å². The molecule has 12 nitrogen and oxygen atoms in total. The molecule has 0 aliphatic heterocycles. The second-order valence-corrected chi connectivity index (χ2v) is 11.9. The molecule has 0 atom stereocenters. The summed E-state index contributed by atoms with van der Waals surface area (Å²) in [5, 5.41) is 18.0. The van der Waals surface area contributed by atoms with Crippen LogP contribution < -0.4 is 20.1 Å². The van der Waals surface area contributed by atoms with Crippen LogP contribution in [0.5, 0.6) is 11.6 Å². The average molecular weight is 561 g/mol. The van der Waals surface area contributed by atoms with Crippen molar-refractivity contribution >= 4 is 17.7 Å². The van der Waals surface area contributed by atoms with Crippen LogP contribution in [0.25, 0.3) is 11.4 Å². The van der Waals surface area contributed by atoms with Crippen LogP contribution in [-0.2, 0) is 5.41 Å². The summed E-state index contributed by atoms with van der Waals surface area (Å²) in [5.41, 5.74) is 3.65. The highest BCUT2D eigenvalue weighted by molar-refractivity contribution is 6.05. The molecule has 0 radical (unpaired) electrons. The van der Waals surface area contributed by atoms with E-state index in [2.05, 4.69) is 51.8 Å². The van der Waals surface area contributed by atoms with Crippen molar-refractivity contribution in [2.75, 3.05) is 19.0 Å². The lowest BCUT2D eigenvalue weighted by Crippen LogP contribution is -2.34. The van der Waals surface area contributed by atoms with E-state index >= 15 is 0 Å². The number of aryl methyl sites for hydroxylation is 1. The monoisotopic (exact) mass is 560 g/mol. The number of carbonyl (C=O) groups excluding carboxylic acids is 2. The number of hydrogen-bond donors (Lipinski definition) is 2. The first-order valence-electron chi connectivity index (χ1n) is 13.1. The molecule has 0 unspecified atom stereocenters. The lowest BCUT2D eigenvalue weighted by molar-refractivity contribution is 0.102. The van der Waals surface area contributed by atoms with E-state index in [-0.39, 0.29) is 22.6 Å². The van der Waals surface area contributed by atoms with Gasteiger partial charge in [0.2, 0.25) is 0 Å². The van der Waals surface area contributed by atoms with Gasteiger partial charge in [-0.15, -0.1) is 0 Å². The van der Waals surface area contributed by atoms with Crippen LogP contribution >= 0.6 is 0 Å². The number of benzene rings is 2. The van der Waals surface area contributed by atoms with Gasteiger partial charge >= 0.3 is 6.09 Å². The molecule has 4 aromatic rings. The van der Waals surface area contributed by atoms with E-state index in [1.165, 1.54) is 17.2 Å². The molecule has 2 aromatic carbocycles. The highest BCUT2D eigenvalue weighted by Crippen LogP contribution is 2.37. The molecule has 0 saturated carbocycles. The summed E-state index contributed by atoms with van der Waals surface area (Å²) in [6, 6.07) is 9.10. The van der Waals surface area contributed by atoms with Gasteiger partial charge in [-0.1, -0.05) is 57.9 Å². The molecule has 216 valence electrons.